The maximum atomic E-state index is 11.6. The van der Waals surface area contributed by atoms with Gasteiger partial charge in [0, 0.05) is 18.7 Å². The van der Waals surface area contributed by atoms with Crippen molar-refractivity contribution in [3.63, 3.8) is 0 Å². The fourth-order valence-electron chi connectivity index (χ4n) is 2.16. The molecule has 1 amide bonds. The summed E-state index contributed by atoms with van der Waals surface area (Å²) in [6, 6.07) is 7.20. The van der Waals surface area contributed by atoms with Crippen molar-refractivity contribution in [2.24, 2.45) is 0 Å². The van der Waals surface area contributed by atoms with Gasteiger partial charge in [-0.2, -0.15) is 0 Å². The predicted molar refractivity (Wildman–Crippen MR) is 79.4 cm³/mol. The number of amides is 1. The lowest BCUT2D eigenvalue weighted by Crippen LogP contribution is -2.23. The first-order valence-electron chi connectivity index (χ1n) is 7.39. The van der Waals surface area contributed by atoms with Crippen molar-refractivity contribution in [2.75, 3.05) is 24.7 Å². The van der Waals surface area contributed by atoms with E-state index < -0.39 is 0 Å². The topological polar surface area (TPSA) is 55.8 Å². The molecule has 21 heavy (non-hydrogen) atoms. The Labute approximate surface area is 124 Å². The zero-order chi connectivity index (χ0) is 15.1. The third kappa shape index (κ3) is 4.48. The van der Waals surface area contributed by atoms with Gasteiger partial charge in [-0.05, 0) is 37.1 Å². The molecule has 1 aliphatic heterocycles. The van der Waals surface area contributed by atoms with E-state index >= 15 is 0 Å². The highest BCUT2D eigenvalue weighted by Crippen LogP contribution is 2.23. The van der Waals surface area contributed by atoms with Gasteiger partial charge in [0.1, 0.15) is 5.75 Å². The first-order valence-corrected chi connectivity index (χ1v) is 7.39. The molecule has 1 heterocycles. The first-order chi connectivity index (χ1) is 10.2. The van der Waals surface area contributed by atoms with Gasteiger partial charge in [0.05, 0.1) is 6.61 Å². The number of rotatable bonds is 7. The number of benzene rings is 1. The van der Waals surface area contributed by atoms with Crippen molar-refractivity contribution in [1.29, 1.82) is 0 Å². The molecule has 5 nitrogen and oxygen atoms in total. The molecule has 1 aromatic rings. The van der Waals surface area contributed by atoms with Crippen molar-refractivity contribution < 1.29 is 19.1 Å². The molecule has 0 bridgehead atoms. The van der Waals surface area contributed by atoms with E-state index in [9.17, 15) is 9.59 Å². The van der Waals surface area contributed by atoms with Crippen molar-refractivity contribution >= 4 is 17.6 Å². The van der Waals surface area contributed by atoms with E-state index in [1.54, 1.807) is 17.0 Å². The van der Waals surface area contributed by atoms with Gasteiger partial charge in [0.2, 0.25) is 5.91 Å². The zero-order valence-corrected chi connectivity index (χ0v) is 12.3. The lowest BCUT2D eigenvalue weighted by Gasteiger charge is -2.16. The van der Waals surface area contributed by atoms with Crippen LogP contribution in [0.1, 0.15) is 32.6 Å². The summed E-state index contributed by atoms with van der Waals surface area (Å²) >= 11 is 0. The summed E-state index contributed by atoms with van der Waals surface area (Å²) in [5.74, 6) is 0.392. The number of hydrogen-bond donors (Lipinski definition) is 0. The van der Waals surface area contributed by atoms with E-state index in [0.717, 1.165) is 31.5 Å². The van der Waals surface area contributed by atoms with Crippen LogP contribution in [-0.2, 0) is 14.3 Å². The molecule has 1 aliphatic rings. The van der Waals surface area contributed by atoms with Gasteiger partial charge in [-0.1, -0.05) is 13.3 Å². The smallest absolute Gasteiger partial charge is 0.344 e. The number of nitrogens with zero attached hydrogens (tertiary/aromatic N) is 1. The quantitative estimate of drug-likeness (QED) is 0.572. The summed E-state index contributed by atoms with van der Waals surface area (Å²) in [7, 11) is 0. The molecule has 1 aromatic carbocycles. The van der Waals surface area contributed by atoms with E-state index in [1.807, 2.05) is 19.1 Å². The second-order valence-corrected chi connectivity index (χ2v) is 5.01. The molecule has 1 fully saturated rings. The van der Waals surface area contributed by atoms with E-state index in [2.05, 4.69) is 0 Å². The Morgan fingerprint density at radius 3 is 2.67 bits per heavy atom. The number of carbonyl (C=O) groups excluding carboxylic acids is 2. The highest BCUT2D eigenvalue weighted by Gasteiger charge is 2.21. The van der Waals surface area contributed by atoms with E-state index in [-0.39, 0.29) is 18.5 Å². The van der Waals surface area contributed by atoms with Gasteiger partial charge in [-0.15, -0.1) is 0 Å². The minimum atomic E-state index is -0.359. The van der Waals surface area contributed by atoms with Gasteiger partial charge in [-0.3, -0.25) is 4.79 Å². The molecule has 2 rings (SSSR count). The highest BCUT2D eigenvalue weighted by molar-refractivity contribution is 5.95. The average Bonchev–Trinajstić information content (AvgIpc) is 2.92. The Morgan fingerprint density at radius 1 is 1.29 bits per heavy atom. The number of hydrogen-bond acceptors (Lipinski definition) is 4. The summed E-state index contributed by atoms with van der Waals surface area (Å²) < 4.78 is 10.4. The van der Waals surface area contributed by atoms with Crippen LogP contribution in [0.4, 0.5) is 5.69 Å². The Kier molecular flexibility index (Phi) is 5.60. The van der Waals surface area contributed by atoms with E-state index in [4.69, 9.17) is 9.47 Å². The van der Waals surface area contributed by atoms with E-state index in [1.165, 1.54) is 0 Å². The van der Waals surface area contributed by atoms with Crippen LogP contribution in [0.3, 0.4) is 0 Å². The maximum absolute atomic E-state index is 11.6. The number of esters is 1. The fraction of sp³-hybridized carbons (Fsp3) is 0.500. The summed E-state index contributed by atoms with van der Waals surface area (Å²) in [5.41, 5.74) is 0.871. The Hall–Kier alpha value is -2.04. The average molecular weight is 291 g/mol. The number of anilines is 1. The number of carbonyl (C=O) groups is 2. The van der Waals surface area contributed by atoms with Gasteiger partial charge < -0.3 is 14.4 Å². The molecule has 0 saturated carbocycles. The van der Waals surface area contributed by atoms with Crippen LogP contribution in [-0.4, -0.2) is 31.6 Å². The van der Waals surface area contributed by atoms with Crippen molar-refractivity contribution in [3.8, 4) is 5.75 Å². The largest absolute Gasteiger partial charge is 0.482 e. The van der Waals surface area contributed by atoms with Gasteiger partial charge in [0.15, 0.2) is 6.61 Å². The first kappa shape index (κ1) is 15.4. The molecule has 0 aliphatic carbocycles. The second-order valence-electron chi connectivity index (χ2n) is 5.01. The minimum absolute atomic E-state index is 0.0916. The molecule has 0 aromatic heterocycles. The summed E-state index contributed by atoms with van der Waals surface area (Å²) in [6.45, 7) is 3.15. The molecule has 114 valence electrons. The molecule has 0 unspecified atom stereocenters. The third-order valence-corrected chi connectivity index (χ3v) is 3.34. The molecule has 1 saturated heterocycles. The molecule has 0 spiro atoms. The molecular formula is C16H21NO4. The molecule has 5 heteroatoms. The third-order valence-electron chi connectivity index (χ3n) is 3.34. The van der Waals surface area contributed by atoms with Crippen LogP contribution >= 0.6 is 0 Å². The Morgan fingerprint density at radius 2 is 2.05 bits per heavy atom. The summed E-state index contributed by atoms with van der Waals surface area (Å²) in [4.78, 5) is 24.8. The maximum Gasteiger partial charge on any atom is 0.344 e. The van der Waals surface area contributed by atoms with Crippen LogP contribution in [0.2, 0.25) is 0 Å². The SMILES string of the molecule is CCCCOC(=O)COc1ccc(N2CCCC2=O)cc1. The van der Waals surface area contributed by atoms with E-state index in [0.29, 0.717) is 18.8 Å². The second kappa shape index (κ2) is 7.67. The fourth-order valence-corrected chi connectivity index (χ4v) is 2.16. The Bertz CT molecular complexity index is 484. The van der Waals surface area contributed by atoms with Crippen LogP contribution in [0.15, 0.2) is 24.3 Å². The van der Waals surface area contributed by atoms with Gasteiger partial charge in [0.25, 0.3) is 0 Å². The predicted octanol–water partition coefficient (Wildman–Crippen LogP) is 2.54. The molecule has 0 atom stereocenters. The standard InChI is InChI=1S/C16H21NO4/c1-2-3-11-20-16(19)12-21-14-8-6-13(7-9-14)17-10-4-5-15(17)18/h6-9H,2-5,10-12H2,1H3. The summed E-state index contributed by atoms with van der Waals surface area (Å²) in [5, 5.41) is 0. The normalized spacial score (nSPS) is 14.3. The van der Waals surface area contributed by atoms with Crippen LogP contribution in [0.25, 0.3) is 0 Å². The van der Waals surface area contributed by atoms with Crippen LogP contribution < -0.4 is 9.64 Å². The summed E-state index contributed by atoms with van der Waals surface area (Å²) in [6.07, 6.45) is 3.37. The van der Waals surface area contributed by atoms with Crippen LogP contribution in [0.5, 0.6) is 5.75 Å². The molecular weight excluding hydrogens is 270 g/mol. The monoisotopic (exact) mass is 291 g/mol. The van der Waals surface area contributed by atoms with Crippen molar-refractivity contribution in [3.05, 3.63) is 24.3 Å². The number of ether oxygens (including phenoxy) is 2. The Balaban J connectivity index is 1.80. The minimum Gasteiger partial charge on any atom is -0.482 e. The molecule has 0 radical (unpaired) electrons. The van der Waals surface area contributed by atoms with Crippen LogP contribution in [0, 0.1) is 0 Å². The lowest BCUT2D eigenvalue weighted by molar-refractivity contribution is -0.146. The zero-order valence-electron chi connectivity index (χ0n) is 12.3. The van der Waals surface area contributed by atoms with Gasteiger partial charge >= 0.3 is 5.97 Å². The number of unbranched alkanes of at least 4 members (excludes halogenated alkanes) is 1. The van der Waals surface area contributed by atoms with Crippen molar-refractivity contribution in [2.45, 2.75) is 32.6 Å². The lowest BCUT2D eigenvalue weighted by atomic mass is 10.3. The van der Waals surface area contributed by atoms with Gasteiger partial charge in [-0.25, -0.2) is 4.79 Å². The highest BCUT2D eigenvalue weighted by atomic mass is 16.6. The van der Waals surface area contributed by atoms with Crippen molar-refractivity contribution in [1.82, 2.24) is 0 Å². The molecule has 0 N–H and O–H groups in total.